The highest BCUT2D eigenvalue weighted by atomic mass is 79.9. The lowest BCUT2D eigenvalue weighted by atomic mass is 10.1. The van der Waals surface area contributed by atoms with Crippen LogP contribution in [0.15, 0.2) is 3.79 Å². The van der Waals surface area contributed by atoms with E-state index in [-0.39, 0.29) is 0 Å². The molecule has 1 atom stereocenters. The Morgan fingerprint density at radius 2 is 2.55 bits per heavy atom. The molecule has 1 N–H and O–H groups in total. The third-order valence-electron chi connectivity index (χ3n) is 1.92. The molecule has 2 rings (SSSR count). The van der Waals surface area contributed by atoms with E-state index in [4.69, 9.17) is 0 Å². The summed E-state index contributed by atoms with van der Waals surface area (Å²) in [5.74, 6) is 0.572. The van der Waals surface area contributed by atoms with Gasteiger partial charge in [0, 0.05) is 12.5 Å². The molecule has 1 aromatic heterocycles. The van der Waals surface area contributed by atoms with Crippen molar-refractivity contribution >= 4 is 27.5 Å². The number of aromatic nitrogens is 2. The smallest absolute Gasteiger partial charge is 0.114 e. The van der Waals surface area contributed by atoms with E-state index in [2.05, 4.69) is 30.8 Å². The molecule has 5 heteroatoms. The Labute approximate surface area is 77.5 Å². The quantitative estimate of drug-likeness (QED) is 0.797. The van der Waals surface area contributed by atoms with Gasteiger partial charge in [-0.05, 0) is 40.4 Å². The first-order chi connectivity index (χ1) is 5.38. The van der Waals surface area contributed by atoms with Crippen molar-refractivity contribution in [3.8, 4) is 0 Å². The third kappa shape index (κ3) is 1.45. The van der Waals surface area contributed by atoms with Gasteiger partial charge in [0.05, 0.1) is 5.69 Å². The molecule has 60 valence electrons. The average Bonchev–Trinajstić information content (AvgIpc) is 2.55. The standard InChI is InChI=1S/C6H8BrN3S/c7-6-5(9-10-11-6)4-1-2-8-3-4/h4,8H,1-3H2. The van der Waals surface area contributed by atoms with Crippen molar-refractivity contribution in [1.82, 2.24) is 14.9 Å². The first-order valence-electron chi connectivity index (χ1n) is 3.56. The van der Waals surface area contributed by atoms with Crippen LogP contribution in [0.4, 0.5) is 0 Å². The molecular formula is C6H8BrN3S. The van der Waals surface area contributed by atoms with E-state index >= 15 is 0 Å². The van der Waals surface area contributed by atoms with Gasteiger partial charge in [-0.25, -0.2) is 0 Å². The first-order valence-corrected chi connectivity index (χ1v) is 5.13. The van der Waals surface area contributed by atoms with E-state index in [1.165, 1.54) is 18.0 Å². The van der Waals surface area contributed by atoms with Crippen molar-refractivity contribution in [2.45, 2.75) is 12.3 Å². The second kappa shape index (κ2) is 3.16. The van der Waals surface area contributed by atoms with Crippen molar-refractivity contribution < 1.29 is 0 Å². The molecule has 1 aliphatic heterocycles. The van der Waals surface area contributed by atoms with E-state index < -0.39 is 0 Å². The van der Waals surface area contributed by atoms with Gasteiger partial charge in [-0.15, -0.1) is 5.10 Å². The molecule has 0 bridgehead atoms. The summed E-state index contributed by atoms with van der Waals surface area (Å²) in [4.78, 5) is 0. The highest BCUT2D eigenvalue weighted by molar-refractivity contribution is 9.11. The van der Waals surface area contributed by atoms with E-state index in [1.807, 2.05) is 0 Å². The van der Waals surface area contributed by atoms with Crippen molar-refractivity contribution in [2.75, 3.05) is 13.1 Å². The number of hydrogen-bond donors (Lipinski definition) is 1. The van der Waals surface area contributed by atoms with Gasteiger partial charge in [0.1, 0.15) is 3.79 Å². The van der Waals surface area contributed by atoms with Gasteiger partial charge >= 0.3 is 0 Å². The molecule has 0 amide bonds. The van der Waals surface area contributed by atoms with Crippen LogP contribution >= 0.6 is 27.5 Å². The SMILES string of the molecule is Brc1snnc1C1CCNC1. The van der Waals surface area contributed by atoms with Crippen molar-refractivity contribution in [1.29, 1.82) is 0 Å². The summed E-state index contributed by atoms with van der Waals surface area (Å²) in [6, 6.07) is 0. The predicted octanol–water partition coefficient (Wildman–Crippen LogP) is 1.38. The lowest BCUT2D eigenvalue weighted by Gasteiger charge is -2.01. The Morgan fingerprint density at radius 3 is 3.09 bits per heavy atom. The first kappa shape index (κ1) is 7.64. The molecule has 11 heavy (non-hydrogen) atoms. The Kier molecular flexibility index (Phi) is 2.20. The van der Waals surface area contributed by atoms with Gasteiger partial charge in [0.15, 0.2) is 0 Å². The summed E-state index contributed by atoms with van der Waals surface area (Å²) in [5.41, 5.74) is 1.12. The fourth-order valence-electron chi connectivity index (χ4n) is 1.32. The molecule has 1 aromatic rings. The van der Waals surface area contributed by atoms with Crippen LogP contribution in [-0.4, -0.2) is 22.7 Å². The number of hydrogen-bond acceptors (Lipinski definition) is 4. The van der Waals surface area contributed by atoms with Gasteiger partial charge in [-0.2, -0.15) is 0 Å². The maximum absolute atomic E-state index is 4.08. The average molecular weight is 234 g/mol. The Balaban J connectivity index is 2.21. The van der Waals surface area contributed by atoms with Gasteiger partial charge in [-0.3, -0.25) is 0 Å². The number of halogens is 1. The summed E-state index contributed by atoms with van der Waals surface area (Å²) in [6.45, 7) is 2.15. The lowest BCUT2D eigenvalue weighted by molar-refractivity contribution is 0.726. The number of rotatable bonds is 1. The molecule has 1 fully saturated rings. The Morgan fingerprint density at radius 1 is 1.64 bits per heavy atom. The normalized spacial score (nSPS) is 24.3. The second-order valence-corrected chi connectivity index (χ2v) is 4.69. The molecule has 0 aromatic carbocycles. The molecular weight excluding hydrogens is 226 g/mol. The van der Waals surface area contributed by atoms with Crippen LogP contribution in [0.2, 0.25) is 0 Å². The molecule has 0 radical (unpaired) electrons. The number of nitrogens with one attached hydrogen (secondary N) is 1. The van der Waals surface area contributed by atoms with Crippen LogP contribution in [0, 0.1) is 0 Å². The van der Waals surface area contributed by atoms with Crippen LogP contribution in [0.5, 0.6) is 0 Å². The molecule has 3 nitrogen and oxygen atoms in total. The Hall–Kier alpha value is -0.0000000000000000763. The largest absolute Gasteiger partial charge is 0.316 e. The Bertz CT molecular complexity index is 244. The highest BCUT2D eigenvalue weighted by Crippen LogP contribution is 2.29. The summed E-state index contributed by atoms with van der Waals surface area (Å²) < 4.78 is 4.97. The summed E-state index contributed by atoms with van der Waals surface area (Å²) in [6.07, 6.45) is 1.18. The maximum Gasteiger partial charge on any atom is 0.114 e. The number of nitrogens with zero attached hydrogens (tertiary/aromatic N) is 2. The van der Waals surface area contributed by atoms with Crippen molar-refractivity contribution in [2.24, 2.45) is 0 Å². The van der Waals surface area contributed by atoms with Gasteiger partial charge in [0.25, 0.3) is 0 Å². The summed E-state index contributed by atoms with van der Waals surface area (Å²) in [7, 11) is 0. The van der Waals surface area contributed by atoms with E-state index in [0.717, 1.165) is 22.6 Å². The zero-order valence-corrected chi connectivity index (χ0v) is 8.28. The lowest BCUT2D eigenvalue weighted by Crippen LogP contribution is -2.08. The zero-order valence-electron chi connectivity index (χ0n) is 5.88. The maximum atomic E-state index is 4.08. The topological polar surface area (TPSA) is 37.8 Å². The predicted molar refractivity (Wildman–Crippen MR) is 47.8 cm³/mol. The molecule has 0 saturated carbocycles. The summed E-state index contributed by atoms with van der Waals surface area (Å²) in [5, 5.41) is 7.38. The van der Waals surface area contributed by atoms with Gasteiger partial charge in [-0.1, -0.05) is 4.49 Å². The van der Waals surface area contributed by atoms with Crippen LogP contribution in [0.1, 0.15) is 18.0 Å². The molecule has 0 spiro atoms. The molecule has 0 aliphatic carbocycles. The minimum Gasteiger partial charge on any atom is -0.316 e. The van der Waals surface area contributed by atoms with Gasteiger partial charge in [0.2, 0.25) is 0 Å². The zero-order chi connectivity index (χ0) is 7.68. The van der Waals surface area contributed by atoms with Gasteiger partial charge < -0.3 is 5.32 Å². The molecule has 1 saturated heterocycles. The molecule has 1 aliphatic rings. The van der Waals surface area contributed by atoms with Crippen LogP contribution < -0.4 is 5.32 Å². The van der Waals surface area contributed by atoms with E-state index in [0.29, 0.717) is 5.92 Å². The van der Waals surface area contributed by atoms with Crippen molar-refractivity contribution in [3.63, 3.8) is 0 Å². The van der Waals surface area contributed by atoms with Crippen LogP contribution in [-0.2, 0) is 0 Å². The summed E-state index contributed by atoms with van der Waals surface area (Å²) >= 11 is 4.86. The molecule has 1 unspecified atom stereocenters. The minimum atomic E-state index is 0.572. The second-order valence-electron chi connectivity index (χ2n) is 2.62. The monoisotopic (exact) mass is 233 g/mol. The van der Waals surface area contributed by atoms with E-state index in [9.17, 15) is 0 Å². The fraction of sp³-hybridized carbons (Fsp3) is 0.667. The highest BCUT2D eigenvalue weighted by Gasteiger charge is 2.21. The minimum absolute atomic E-state index is 0.572. The van der Waals surface area contributed by atoms with Crippen molar-refractivity contribution in [3.05, 3.63) is 9.48 Å². The van der Waals surface area contributed by atoms with Crippen LogP contribution in [0.3, 0.4) is 0 Å². The van der Waals surface area contributed by atoms with Crippen LogP contribution in [0.25, 0.3) is 0 Å². The molecule has 2 heterocycles. The van der Waals surface area contributed by atoms with E-state index in [1.54, 1.807) is 0 Å². The third-order valence-corrected chi connectivity index (χ3v) is 3.29. The fourth-order valence-corrected chi connectivity index (χ4v) is 2.42.